The van der Waals surface area contributed by atoms with Gasteiger partial charge in [-0.25, -0.2) is 9.97 Å². The van der Waals surface area contributed by atoms with Gasteiger partial charge in [-0.1, -0.05) is 50.2 Å². The highest BCUT2D eigenvalue weighted by molar-refractivity contribution is 5.95. The Morgan fingerprint density at radius 2 is 1.64 bits per heavy atom. The van der Waals surface area contributed by atoms with E-state index in [4.69, 9.17) is 5.73 Å². The molecule has 190 valence electrons. The maximum atomic E-state index is 6.03. The number of aryl methyl sites for hydroxylation is 1. The molecule has 36 heavy (non-hydrogen) atoms. The third kappa shape index (κ3) is 6.71. The molecule has 0 bridgehead atoms. The summed E-state index contributed by atoms with van der Waals surface area (Å²) in [5.41, 5.74) is 13.3. The number of hydrogen-bond acceptors (Lipinski definition) is 5. The number of likely N-dealkylation sites (N-methyl/N-ethyl adjacent to an activating group) is 1. The fourth-order valence-electron chi connectivity index (χ4n) is 4.12. The normalized spacial score (nSPS) is 10.8. The number of pyridine rings is 1. The molecule has 7 heteroatoms. The summed E-state index contributed by atoms with van der Waals surface area (Å²) in [4.78, 5) is 18.0. The minimum atomic E-state index is 0.466. The first kappa shape index (κ1) is 26.9. The fourth-order valence-corrected chi connectivity index (χ4v) is 4.12. The number of imidazole rings is 1. The van der Waals surface area contributed by atoms with Crippen molar-refractivity contribution in [3.8, 4) is 11.3 Å². The van der Waals surface area contributed by atoms with Crippen molar-refractivity contribution in [1.29, 1.82) is 0 Å². The molecule has 5 rings (SSSR count). The molecule has 0 fully saturated rings. The Kier molecular flexibility index (Phi) is 9.61. The molecule has 0 saturated carbocycles. The van der Waals surface area contributed by atoms with Crippen LogP contribution in [0.5, 0.6) is 0 Å². The van der Waals surface area contributed by atoms with Gasteiger partial charge in [0.2, 0.25) is 0 Å². The van der Waals surface area contributed by atoms with Gasteiger partial charge < -0.3 is 25.3 Å². The van der Waals surface area contributed by atoms with E-state index in [0.29, 0.717) is 11.5 Å². The molecule has 0 aliphatic rings. The second-order valence-corrected chi connectivity index (χ2v) is 8.60. The molecule has 0 atom stereocenters. The van der Waals surface area contributed by atoms with Gasteiger partial charge in [0.25, 0.3) is 0 Å². The monoisotopic (exact) mass is 486 g/mol. The number of fused-ring (bicyclic) bond motifs is 2. The summed E-state index contributed by atoms with van der Waals surface area (Å²) in [6.45, 7) is 7.86. The van der Waals surface area contributed by atoms with Crippen molar-refractivity contribution in [2.45, 2.75) is 33.7 Å². The smallest absolute Gasteiger partial charge is 0.180 e. The van der Waals surface area contributed by atoms with Gasteiger partial charge in [0.05, 0.1) is 5.52 Å². The molecular weight excluding hydrogens is 448 g/mol. The molecule has 0 saturated heterocycles. The Morgan fingerprint density at radius 1 is 0.917 bits per heavy atom. The highest BCUT2D eigenvalue weighted by atomic mass is 16.4. The Labute approximate surface area is 213 Å². The molecule has 3 heterocycles. The molecule has 0 aliphatic carbocycles. The minimum absolute atomic E-state index is 0.466. The number of hydrogen-bond donors (Lipinski definition) is 3. The van der Waals surface area contributed by atoms with Gasteiger partial charge in [0.15, 0.2) is 5.65 Å². The quantitative estimate of drug-likeness (QED) is 0.275. The number of nitrogen functional groups attached to an aromatic ring is 1. The van der Waals surface area contributed by atoms with E-state index in [-0.39, 0.29) is 0 Å². The highest BCUT2D eigenvalue weighted by Crippen LogP contribution is 2.30. The maximum absolute atomic E-state index is 6.03. The van der Waals surface area contributed by atoms with Gasteiger partial charge in [-0.15, -0.1) is 0 Å². The maximum Gasteiger partial charge on any atom is 0.180 e. The number of aromatic nitrogens is 4. The van der Waals surface area contributed by atoms with Gasteiger partial charge in [-0.3, -0.25) is 0 Å². The van der Waals surface area contributed by atoms with Crippen LogP contribution in [-0.2, 0) is 17.7 Å². The average Bonchev–Trinajstić information content (AvgIpc) is 3.47. The van der Waals surface area contributed by atoms with E-state index in [1.54, 1.807) is 14.2 Å². The van der Waals surface area contributed by atoms with Crippen LogP contribution in [0, 0.1) is 6.92 Å². The number of ether oxygens (including phenoxy) is 1. The van der Waals surface area contributed by atoms with Crippen LogP contribution < -0.4 is 5.73 Å². The molecule has 4 N–H and O–H groups in total. The van der Waals surface area contributed by atoms with Crippen molar-refractivity contribution in [3.63, 3.8) is 0 Å². The number of aromatic amines is 2. The van der Waals surface area contributed by atoms with Crippen LogP contribution in [0.4, 0.5) is 5.82 Å². The van der Waals surface area contributed by atoms with Crippen LogP contribution in [0.15, 0.2) is 60.7 Å². The molecular formula is C29H38N6O. The lowest BCUT2D eigenvalue weighted by atomic mass is 10.1. The van der Waals surface area contributed by atoms with Gasteiger partial charge in [-0.05, 0) is 55.8 Å². The number of benzene rings is 2. The molecule has 0 radical (unpaired) electrons. The van der Waals surface area contributed by atoms with E-state index in [1.165, 1.54) is 16.5 Å². The first-order valence-corrected chi connectivity index (χ1v) is 12.3. The molecule has 7 nitrogen and oxygen atoms in total. The number of nitrogens with two attached hydrogens (primary N) is 1. The van der Waals surface area contributed by atoms with E-state index in [1.807, 2.05) is 26.8 Å². The van der Waals surface area contributed by atoms with Crippen LogP contribution >= 0.6 is 0 Å². The van der Waals surface area contributed by atoms with E-state index in [9.17, 15) is 0 Å². The second-order valence-electron chi connectivity index (χ2n) is 8.60. The van der Waals surface area contributed by atoms with Crippen molar-refractivity contribution in [1.82, 2.24) is 24.8 Å². The highest BCUT2D eigenvalue weighted by Gasteiger charge is 2.13. The standard InChI is InChI=1S/C25H26N6.C2H6O.C2H6/c1-16-27-24-20(14-23(26)30-25(24)28-16)22-13-19-12-18(8-9-21(19)29-22)15-31(2)11-10-17-6-4-3-5-7-17;1-3-2;1-2/h3-9,12-14,29H,10-11,15H2,1-2H3,(H3,26,27,28,30);1-2H3;1-2H3. The van der Waals surface area contributed by atoms with E-state index in [2.05, 4.69) is 91.2 Å². The number of anilines is 1. The van der Waals surface area contributed by atoms with E-state index < -0.39 is 0 Å². The Hall–Kier alpha value is -3.68. The third-order valence-corrected chi connectivity index (χ3v) is 5.65. The van der Waals surface area contributed by atoms with Crippen molar-refractivity contribution in [2.75, 3.05) is 33.5 Å². The number of rotatable bonds is 6. The molecule has 0 amide bonds. The van der Waals surface area contributed by atoms with Gasteiger partial charge in [0.1, 0.15) is 11.6 Å². The van der Waals surface area contributed by atoms with Gasteiger partial charge in [0, 0.05) is 49.5 Å². The van der Waals surface area contributed by atoms with Crippen molar-refractivity contribution < 1.29 is 4.74 Å². The van der Waals surface area contributed by atoms with Crippen LogP contribution in [-0.4, -0.2) is 52.6 Å². The first-order chi connectivity index (χ1) is 17.5. The fraction of sp³-hybridized carbons (Fsp3) is 0.310. The zero-order valence-electron chi connectivity index (χ0n) is 22.2. The summed E-state index contributed by atoms with van der Waals surface area (Å²) in [7, 11) is 5.42. The molecule has 0 spiro atoms. The summed E-state index contributed by atoms with van der Waals surface area (Å²) < 4.78 is 4.25. The summed E-state index contributed by atoms with van der Waals surface area (Å²) in [6.07, 6.45) is 1.05. The summed E-state index contributed by atoms with van der Waals surface area (Å²) in [5, 5.41) is 1.18. The van der Waals surface area contributed by atoms with Crippen LogP contribution in [0.3, 0.4) is 0 Å². The van der Waals surface area contributed by atoms with Crippen LogP contribution in [0.25, 0.3) is 33.3 Å². The number of nitrogens with one attached hydrogen (secondary N) is 2. The zero-order chi connectivity index (χ0) is 26.1. The predicted molar refractivity (Wildman–Crippen MR) is 151 cm³/mol. The lowest BCUT2D eigenvalue weighted by molar-refractivity contribution is 0.277. The van der Waals surface area contributed by atoms with Gasteiger partial charge >= 0.3 is 0 Å². The Morgan fingerprint density at radius 3 is 2.36 bits per heavy atom. The second kappa shape index (κ2) is 12.9. The van der Waals surface area contributed by atoms with Crippen molar-refractivity contribution >= 4 is 27.9 Å². The summed E-state index contributed by atoms with van der Waals surface area (Å²) >= 11 is 0. The SMILES string of the molecule is CC.COC.Cc1nc2nc(N)cc(-c3cc4cc(CN(C)CCc5ccccc5)ccc4[nH]3)c2[nH]1. The van der Waals surface area contributed by atoms with Crippen molar-refractivity contribution in [2.24, 2.45) is 0 Å². The molecule has 2 aromatic carbocycles. The topological polar surface area (TPSA) is 95.8 Å². The third-order valence-electron chi connectivity index (χ3n) is 5.65. The Bertz CT molecular complexity index is 1370. The summed E-state index contributed by atoms with van der Waals surface area (Å²) in [5.74, 6) is 1.29. The largest absolute Gasteiger partial charge is 0.388 e. The minimum Gasteiger partial charge on any atom is -0.388 e. The van der Waals surface area contributed by atoms with E-state index >= 15 is 0 Å². The number of nitrogens with zero attached hydrogens (tertiary/aromatic N) is 3. The Balaban J connectivity index is 0.000000674. The first-order valence-electron chi connectivity index (χ1n) is 12.3. The lowest BCUT2D eigenvalue weighted by Gasteiger charge is -2.16. The molecule has 5 aromatic rings. The zero-order valence-corrected chi connectivity index (χ0v) is 22.2. The molecule has 3 aromatic heterocycles. The summed E-state index contributed by atoms with van der Waals surface area (Å²) in [6, 6.07) is 21.3. The average molecular weight is 487 g/mol. The van der Waals surface area contributed by atoms with Gasteiger partial charge in [-0.2, -0.15) is 0 Å². The van der Waals surface area contributed by atoms with E-state index in [0.717, 1.165) is 47.6 Å². The van der Waals surface area contributed by atoms with Crippen LogP contribution in [0.2, 0.25) is 0 Å². The van der Waals surface area contributed by atoms with Crippen LogP contribution in [0.1, 0.15) is 30.8 Å². The lowest BCUT2D eigenvalue weighted by Crippen LogP contribution is -2.20. The molecule has 0 aliphatic heterocycles. The molecule has 0 unspecified atom stereocenters. The van der Waals surface area contributed by atoms with Crippen molar-refractivity contribution in [3.05, 3.63) is 77.6 Å². The predicted octanol–water partition coefficient (Wildman–Crippen LogP) is 5.96. The number of H-pyrrole nitrogens is 2. The number of methoxy groups -OCH3 is 1.